The zero-order chi connectivity index (χ0) is 60.0. The average Bonchev–Trinajstić information content (AvgIpc) is 3.54. The van der Waals surface area contributed by atoms with Crippen molar-refractivity contribution in [1.82, 2.24) is 9.97 Å². The Kier molecular flexibility index (Phi) is 19.1. The Morgan fingerprint density at radius 3 is 1.04 bits per heavy atom. The third-order valence-corrected chi connectivity index (χ3v) is 20.1. The number of para-hydroxylation sites is 4. The van der Waals surface area contributed by atoms with E-state index in [1.807, 2.05) is 36.4 Å². The first-order chi connectivity index (χ1) is 39.2. The van der Waals surface area contributed by atoms with Crippen LogP contribution in [-0.4, -0.2) is 9.97 Å². The summed E-state index contributed by atoms with van der Waals surface area (Å²) >= 11 is -0.471. The van der Waals surface area contributed by atoms with E-state index in [1.54, 1.807) is 0 Å². The Balaban J connectivity index is 0.000000175. The van der Waals surface area contributed by atoms with Gasteiger partial charge in [-0.15, -0.1) is 0 Å². The number of anilines is 4. The topological polar surface area (TPSA) is 96.0 Å². The molecule has 0 aliphatic rings. The van der Waals surface area contributed by atoms with E-state index in [4.69, 9.17) is 9.97 Å². The van der Waals surface area contributed by atoms with Gasteiger partial charge in [-0.3, -0.25) is 0 Å². The van der Waals surface area contributed by atoms with Gasteiger partial charge in [-0.2, -0.15) is 0 Å². The summed E-state index contributed by atoms with van der Waals surface area (Å²) in [6.07, 6.45) is 0. The third-order valence-electron chi connectivity index (χ3n) is 15.3. The van der Waals surface area contributed by atoms with Gasteiger partial charge in [-0.05, 0) is 141 Å². The van der Waals surface area contributed by atoms with Crippen LogP contribution in [0.3, 0.4) is 0 Å². The van der Waals surface area contributed by atoms with Gasteiger partial charge in [-0.25, -0.2) is 9.97 Å². The molecule has 0 saturated carbocycles. The molecule has 10 rings (SSSR count). The Labute approximate surface area is 507 Å². The van der Waals surface area contributed by atoms with Crippen molar-refractivity contribution in [3.05, 3.63) is 238 Å². The molecule has 2 heterocycles. The standard InChI is InChI=1S/2C31H36N2O.2C7H7.Hf/c2*1-19-11-9-12-20(2)27(19)33-26-14-10-13-21-15-16-25(32-28(21)26)23-17-22(30(3,4)5)18-24(29(23)34)31(6,7)8;2*1-7-5-3-2-4-6-7;/h2*9-18,33-34H,1-8H3;2*2-6H,1H2;/q;;;;+2/p-2. The second-order valence-electron chi connectivity index (χ2n) is 26.3. The van der Waals surface area contributed by atoms with E-state index in [0.29, 0.717) is 22.5 Å². The van der Waals surface area contributed by atoms with E-state index in [0.717, 1.165) is 66.8 Å². The molecular formula is C76H84HfN4O2. The van der Waals surface area contributed by atoms with Crippen LogP contribution in [0.2, 0.25) is 0 Å². The molecular weight excluding hydrogens is 1180 g/mol. The van der Waals surface area contributed by atoms with Gasteiger partial charge in [0.25, 0.3) is 0 Å². The summed E-state index contributed by atoms with van der Waals surface area (Å²) < 4.78 is 2.74. The van der Waals surface area contributed by atoms with E-state index in [9.17, 15) is 10.2 Å². The van der Waals surface area contributed by atoms with Crippen LogP contribution in [0.4, 0.5) is 22.7 Å². The number of nitrogens with zero attached hydrogens (tertiary/aromatic N) is 2. The fourth-order valence-electron chi connectivity index (χ4n) is 10.2. The Morgan fingerprint density at radius 1 is 0.373 bits per heavy atom. The number of nitrogens with one attached hydrogen (secondary N) is 2. The monoisotopic (exact) mass is 1260 g/mol. The Bertz CT molecular complexity index is 3580. The van der Waals surface area contributed by atoms with Gasteiger partial charge in [0, 0.05) is 22.1 Å². The van der Waals surface area contributed by atoms with Crippen molar-refractivity contribution in [3.63, 3.8) is 0 Å². The summed E-state index contributed by atoms with van der Waals surface area (Å²) in [6.45, 7) is 34.1. The summed E-state index contributed by atoms with van der Waals surface area (Å²) in [6, 6.07) is 62.9. The Hall–Kier alpha value is -7.35. The van der Waals surface area contributed by atoms with E-state index in [1.165, 1.54) is 41.7 Å². The number of fused-ring (bicyclic) bond motifs is 2. The van der Waals surface area contributed by atoms with Gasteiger partial charge in [0.05, 0.1) is 33.8 Å². The molecule has 0 aliphatic carbocycles. The van der Waals surface area contributed by atoms with E-state index in [2.05, 4.69) is 267 Å². The van der Waals surface area contributed by atoms with Crippen LogP contribution in [0.5, 0.6) is 11.5 Å². The summed E-state index contributed by atoms with van der Waals surface area (Å²) in [5, 5.41) is 36.6. The summed E-state index contributed by atoms with van der Waals surface area (Å²) in [7, 11) is 0. The zero-order valence-electron chi connectivity index (χ0n) is 51.9. The molecule has 0 fully saturated rings. The van der Waals surface area contributed by atoms with E-state index >= 15 is 0 Å². The number of rotatable bonds is 10. The first-order valence-electron chi connectivity index (χ1n) is 29.1. The second kappa shape index (κ2) is 25.6. The number of hydrogen-bond acceptors (Lipinski definition) is 6. The number of benzene rings is 8. The van der Waals surface area contributed by atoms with Crippen molar-refractivity contribution in [2.24, 2.45) is 0 Å². The molecule has 424 valence electrons. The van der Waals surface area contributed by atoms with Crippen LogP contribution >= 0.6 is 0 Å². The van der Waals surface area contributed by atoms with Gasteiger partial charge >= 0.3 is 103 Å². The van der Waals surface area contributed by atoms with Gasteiger partial charge in [0.2, 0.25) is 0 Å². The van der Waals surface area contributed by atoms with Crippen LogP contribution in [0.25, 0.3) is 44.3 Å². The maximum absolute atomic E-state index is 13.6. The van der Waals surface area contributed by atoms with Crippen LogP contribution in [0.1, 0.15) is 139 Å². The quantitative estimate of drug-likeness (QED) is 0.132. The van der Waals surface area contributed by atoms with Crippen LogP contribution in [-0.2, 0) is 52.9 Å². The normalized spacial score (nSPS) is 11.8. The molecule has 2 N–H and O–H groups in total. The molecule has 2 aromatic heterocycles. The van der Waals surface area contributed by atoms with Crippen molar-refractivity contribution in [3.8, 4) is 34.0 Å². The molecule has 0 radical (unpaired) electrons. The SMILES string of the molecule is Cc1cccc(C)c1Nc1cccc2ccc(-c3cc(C(C)(C)C)cc(C(C)(C)C)c3[O-])nc12.Cc1cccc(C)c1Nc1cccc2ccc(-c3cc(C(C)(C)C)cc(C(C)(C)C)c3[O-])nc12.c1ccc([CH2][Hf+2][CH2]c2ccccc2)cc1. The maximum atomic E-state index is 13.6. The second-order valence-corrected chi connectivity index (χ2v) is 30.6. The minimum atomic E-state index is -0.471. The molecule has 0 saturated heterocycles. The number of aromatic nitrogens is 2. The first kappa shape index (κ1) is 61.7. The summed E-state index contributed by atoms with van der Waals surface area (Å²) in [5.41, 5.74) is 19.6. The molecule has 83 heavy (non-hydrogen) atoms. The van der Waals surface area contributed by atoms with Gasteiger partial charge in [0.1, 0.15) is 0 Å². The number of pyridine rings is 2. The van der Waals surface area contributed by atoms with Gasteiger partial charge < -0.3 is 20.8 Å². The first-order valence-corrected chi connectivity index (χ1v) is 34.2. The average molecular weight is 1260 g/mol. The molecule has 0 atom stereocenters. The van der Waals surface area contributed by atoms with Crippen molar-refractivity contribution in [2.45, 2.75) is 141 Å². The molecule has 8 aromatic carbocycles. The molecule has 0 aliphatic heterocycles. The van der Waals surface area contributed by atoms with Crippen molar-refractivity contribution in [1.29, 1.82) is 0 Å². The number of hydrogen-bond donors (Lipinski definition) is 2. The van der Waals surface area contributed by atoms with Crippen molar-refractivity contribution >= 4 is 44.6 Å². The fourth-order valence-corrected chi connectivity index (χ4v) is 14.5. The molecule has 0 bridgehead atoms. The summed E-state index contributed by atoms with van der Waals surface area (Å²) in [4.78, 5) is 10.1. The fraction of sp³-hybridized carbons (Fsp3) is 0.289. The predicted octanol–water partition coefficient (Wildman–Crippen LogP) is 19.3. The molecule has 7 heteroatoms. The molecule has 0 spiro atoms. The number of aryl methyl sites for hydroxylation is 4. The van der Waals surface area contributed by atoms with Crippen LogP contribution < -0.4 is 20.8 Å². The van der Waals surface area contributed by atoms with Crippen molar-refractivity contribution in [2.75, 3.05) is 10.6 Å². The van der Waals surface area contributed by atoms with E-state index < -0.39 is 22.9 Å². The van der Waals surface area contributed by atoms with Crippen molar-refractivity contribution < 1.29 is 33.1 Å². The molecule has 0 unspecified atom stereocenters. The van der Waals surface area contributed by atoms with Crippen LogP contribution in [0, 0.1) is 27.7 Å². The third kappa shape index (κ3) is 15.3. The van der Waals surface area contributed by atoms with Gasteiger partial charge in [0.15, 0.2) is 0 Å². The zero-order valence-corrected chi connectivity index (χ0v) is 55.5. The predicted molar refractivity (Wildman–Crippen MR) is 347 cm³/mol. The Morgan fingerprint density at radius 2 is 0.711 bits per heavy atom. The molecule has 6 nitrogen and oxygen atoms in total. The minimum absolute atomic E-state index is 0.0625. The molecule has 10 aromatic rings. The van der Waals surface area contributed by atoms with Crippen LogP contribution in [0.15, 0.2) is 182 Å². The van der Waals surface area contributed by atoms with Gasteiger partial charge in [-0.1, -0.05) is 180 Å². The molecule has 0 amide bonds. The van der Waals surface area contributed by atoms with E-state index in [-0.39, 0.29) is 33.2 Å². The summed E-state index contributed by atoms with van der Waals surface area (Å²) in [5.74, 6) is 0.125.